The average molecular weight is 431 g/mol. The highest BCUT2D eigenvalue weighted by Crippen LogP contribution is 2.94. The minimum absolute atomic E-state index is 0.123. The van der Waals surface area contributed by atoms with E-state index < -0.39 is 5.41 Å². The summed E-state index contributed by atoms with van der Waals surface area (Å²) < 4.78 is 13.7. The number of carbonyl (C=O) groups excluding carboxylic acids is 1. The Hall–Kier alpha value is -2.17. The van der Waals surface area contributed by atoms with E-state index in [-0.39, 0.29) is 17.2 Å². The van der Waals surface area contributed by atoms with Crippen LogP contribution in [0.15, 0.2) is 60.7 Å². The lowest BCUT2D eigenvalue weighted by Crippen LogP contribution is -2.87. The molecule has 2 spiro atoms. The van der Waals surface area contributed by atoms with Gasteiger partial charge in [0.1, 0.15) is 29.2 Å². The second-order valence-corrected chi connectivity index (χ2v) is 11.7. The van der Waals surface area contributed by atoms with Crippen molar-refractivity contribution in [2.75, 3.05) is 14.1 Å². The molecule has 5 fully saturated rings. The lowest BCUT2D eigenvalue weighted by Gasteiger charge is -2.71. The molecule has 0 amide bonds. The summed E-state index contributed by atoms with van der Waals surface area (Å²) in [5.74, 6) is 0.598. The molecule has 7 rings (SSSR count). The minimum Gasteiger partial charge on any atom is -0.458 e. The molecule has 166 valence electrons. The number of rotatable bonds is 5. The third-order valence-corrected chi connectivity index (χ3v) is 10.3. The van der Waals surface area contributed by atoms with Gasteiger partial charge in [-0.3, -0.25) is 4.79 Å². The van der Waals surface area contributed by atoms with Crippen LogP contribution >= 0.6 is 0 Å². The molecule has 0 bridgehead atoms. The van der Waals surface area contributed by atoms with Gasteiger partial charge in [-0.15, -0.1) is 0 Å². The number of carbonyl (C=O) groups is 1. The number of benzene rings is 2. The summed E-state index contributed by atoms with van der Waals surface area (Å²) in [6, 6.07) is 21.4. The first kappa shape index (κ1) is 19.3. The average Bonchev–Trinajstić information content (AvgIpc) is 3.61. The first-order valence-corrected chi connectivity index (χ1v) is 12.1. The fraction of sp³-hybridized carbons (Fsp3) is 0.536. The third kappa shape index (κ3) is 1.86. The fourth-order valence-electron chi connectivity index (χ4n) is 8.84. The number of epoxide rings is 1. The van der Waals surface area contributed by atoms with Crippen molar-refractivity contribution in [1.82, 2.24) is 0 Å². The topological polar surface area (TPSA) is 38.8 Å². The van der Waals surface area contributed by atoms with Crippen molar-refractivity contribution in [3.63, 3.8) is 0 Å². The van der Waals surface area contributed by atoms with Crippen LogP contribution in [-0.4, -0.2) is 53.9 Å². The van der Waals surface area contributed by atoms with Crippen LogP contribution < -0.4 is 0 Å². The molecule has 0 N–H and O–H groups in total. The van der Waals surface area contributed by atoms with Gasteiger partial charge in [0.05, 0.1) is 19.5 Å². The molecule has 2 aliphatic heterocycles. The predicted octanol–water partition coefficient (Wildman–Crippen LogP) is 4.07. The van der Waals surface area contributed by atoms with Crippen LogP contribution in [0.5, 0.6) is 0 Å². The van der Waals surface area contributed by atoms with Gasteiger partial charge < -0.3 is 14.0 Å². The van der Waals surface area contributed by atoms with Crippen molar-refractivity contribution < 1.29 is 18.8 Å². The van der Waals surface area contributed by atoms with E-state index in [0.29, 0.717) is 23.6 Å². The summed E-state index contributed by atoms with van der Waals surface area (Å²) >= 11 is 0. The maximum Gasteiger partial charge on any atom is 0.321 e. The number of piperidine rings is 1. The van der Waals surface area contributed by atoms with Crippen LogP contribution in [0, 0.1) is 11.3 Å². The van der Waals surface area contributed by atoms with Crippen molar-refractivity contribution in [1.29, 1.82) is 0 Å². The summed E-state index contributed by atoms with van der Waals surface area (Å²) in [6.07, 6.45) is 3.34. The van der Waals surface area contributed by atoms with E-state index in [4.69, 9.17) is 9.47 Å². The molecule has 32 heavy (non-hydrogen) atoms. The standard InChI is InChI=1S/C28H32NO3/c1-5-26(16-20-27(17-26)21-22-28(21,31-22)23(27)29(20,3)4)32-24(30)25(2,18-12-8-6-9-13-18)19-14-10-7-11-15-19/h6-15,20-23H,5,16-17H2,1-4H3/q+1/t20?,21?,22?,23?,26-,27?,28?/m0/s1. The van der Waals surface area contributed by atoms with Crippen molar-refractivity contribution in [3.8, 4) is 0 Å². The number of hydrogen-bond donors (Lipinski definition) is 0. The first-order valence-electron chi connectivity index (χ1n) is 12.1. The highest BCUT2D eigenvalue weighted by molar-refractivity contribution is 5.87. The van der Waals surface area contributed by atoms with Crippen molar-refractivity contribution >= 4 is 5.97 Å². The largest absolute Gasteiger partial charge is 0.458 e. The molecule has 6 unspecified atom stereocenters. The summed E-state index contributed by atoms with van der Waals surface area (Å²) in [6.45, 7) is 4.22. The second-order valence-electron chi connectivity index (χ2n) is 11.7. The van der Waals surface area contributed by atoms with E-state index >= 15 is 0 Å². The quantitative estimate of drug-likeness (QED) is 0.408. The number of esters is 1. The second kappa shape index (κ2) is 5.48. The van der Waals surface area contributed by atoms with Gasteiger partial charge in [0, 0.05) is 18.8 Å². The Bertz CT molecular complexity index is 1090. The Morgan fingerprint density at radius 1 is 1.09 bits per heavy atom. The van der Waals surface area contributed by atoms with E-state index in [1.165, 1.54) is 0 Å². The van der Waals surface area contributed by atoms with Gasteiger partial charge in [0.25, 0.3) is 0 Å². The van der Waals surface area contributed by atoms with Gasteiger partial charge in [-0.1, -0.05) is 67.6 Å². The monoisotopic (exact) mass is 430 g/mol. The lowest BCUT2D eigenvalue weighted by molar-refractivity contribution is -1.02. The van der Waals surface area contributed by atoms with Crippen molar-refractivity contribution in [2.24, 2.45) is 11.3 Å². The van der Waals surface area contributed by atoms with E-state index in [1.807, 2.05) is 67.6 Å². The molecule has 0 radical (unpaired) electrons. The number of quaternary nitrogens is 1. The Morgan fingerprint density at radius 2 is 1.69 bits per heavy atom. The van der Waals surface area contributed by atoms with Gasteiger partial charge in [0.15, 0.2) is 5.60 Å². The van der Waals surface area contributed by atoms with Crippen molar-refractivity contribution in [2.45, 2.75) is 67.9 Å². The summed E-state index contributed by atoms with van der Waals surface area (Å²) in [5, 5.41) is 0. The molecule has 4 nitrogen and oxygen atoms in total. The third-order valence-electron chi connectivity index (χ3n) is 10.3. The lowest BCUT2D eigenvalue weighted by atomic mass is 9.50. The van der Waals surface area contributed by atoms with E-state index in [9.17, 15) is 4.79 Å². The fourth-order valence-corrected chi connectivity index (χ4v) is 8.84. The number of hydrogen-bond acceptors (Lipinski definition) is 3. The van der Waals surface area contributed by atoms with Gasteiger partial charge in [-0.25, -0.2) is 0 Å². The van der Waals surface area contributed by atoms with Crippen LogP contribution in [0.1, 0.15) is 44.2 Å². The summed E-state index contributed by atoms with van der Waals surface area (Å²) in [7, 11) is 4.72. The van der Waals surface area contributed by atoms with E-state index in [0.717, 1.165) is 40.8 Å². The zero-order valence-electron chi connectivity index (χ0n) is 19.4. The van der Waals surface area contributed by atoms with Gasteiger partial charge in [-0.2, -0.15) is 0 Å². The molecule has 2 aromatic carbocycles. The molecule has 0 aromatic heterocycles. The predicted molar refractivity (Wildman–Crippen MR) is 121 cm³/mol. The summed E-state index contributed by atoms with van der Waals surface area (Å²) in [4.78, 5) is 14.1. The maximum absolute atomic E-state index is 14.1. The zero-order chi connectivity index (χ0) is 22.1. The molecule has 4 heteroatoms. The van der Waals surface area contributed by atoms with Gasteiger partial charge in [0.2, 0.25) is 0 Å². The number of likely N-dealkylation sites (tertiary alicyclic amines) is 1. The Balaban J connectivity index is 1.24. The SMILES string of the molecule is CC[C@]1(OC(=O)C(C)(c2ccccc2)c2ccccc2)CC2C3(C1)C1C4OC41C3[N+]2(C)C. The molecule has 5 aliphatic rings. The first-order chi connectivity index (χ1) is 15.3. The van der Waals surface area contributed by atoms with Crippen LogP contribution in [0.4, 0.5) is 0 Å². The molecule has 3 aliphatic carbocycles. The molecule has 3 saturated carbocycles. The van der Waals surface area contributed by atoms with Crippen LogP contribution in [-0.2, 0) is 19.7 Å². The summed E-state index contributed by atoms with van der Waals surface area (Å²) in [5.41, 5.74) is 1.28. The van der Waals surface area contributed by atoms with Crippen LogP contribution in [0.2, 0.25) is 0 Å². The molecule has 2 aromatic rings. The normalized spacial score (nSPS) is 43.5. The van der Waals surface area contributed by atoms with Crippen LogP contribution in [0.3, 0.4) is 0 Å². The molecular weight excluding hydrogens is 398 g/mol. The molecule has 2 heterocycles. The smallest absolute Gasteiger partial charge is 0.321 e. The minimum atomic E-state index is -0.834. The Kier molecular flexibility index (Phi) is 3.31. The number of fused-ring (bicyclic) bond motifs is 1. The molecule has 2 saturated heterocycles. The maximum atomic E-state index is 14.1. The van der Waals surface area contributed by atoms with E-state index in [1.54, 1.807) is 0 Å². The Morgan fingerprint density at radius 3 is 2.22 bits per heavy atom. The van der Waals surface area contributed by atoms with E-state index in [2.05, 4.69) is 21.0 Å². The van der Waals surface area contributed by atoms with Crippen molar-refractivity contribution in [3.05, 3.63) is 71.8 Å². The zero-order valence-corrected chi connectivity index (χ0v) is 19.4. The van der Waals surface area contributed by atoms with Crippen LogP contribution in [0.25, 0.3) is 0 Å². The molecular formula is C28H32NO3+. The highest BCUT2D eigenvalue weighted by Gasteiger charge is 3.11. The van der Waals surface area contributed by atoms with Gasteiger partial charge >= 0.3 is 5.97 Å². The molecule has 7 atom stereocenters. The number of likely N-dealkylation sites (N-methyl/N-ethyl adjacent to an activating group) is 1. The highest BCUT2D eigenvalue weighted by atomic mass is 16.7. The number of nitrogens with zero attached hydrogens (tertiary/aromatic N) is 1. The Labute approximate surface area is 190 Å². The van der Waals surface area contributed by atoms with Gasteiger partial charge in [-0.05, 0) is 24.5 Å². The number of ether oxygens (including phenoxy) is 2.